The van der Waals surface area contributed by atoms with Crippen LogP contribution in [-0.4, -0.2) is 20.9 Å². The zero-order valence-electron chi connectivity index (χ0n) is 9.52. The van der Waals surface area contributed by atoms with Crippen molar-refractivity contribution in [2.75, 3.05) is 11.5 Å². The molecule has 2 nitrogen and oxygen atoms in total. The van der Waals surface area contributed by atoms with Crippen molar-refractivity contribution in [3.8, 4) is 0 Å². The summed E-state index contributed by atoms with van der Waals surface area (Å²) in [7, 11) is 0. The minimum Gasteiger partial charge on any atom is -0.301 e. The van der Waals surface area contributed by atoms with Gasteiger partial charge in [-0.1, -0.05) is 6.07 Å². The molecule has 1 aliphatic heterocycles. The summed E-state index contributed by atoms with van der Waals surface area (Å²) in [5.74, 6) is 4.45. The van der Waals surface area contributed by atoms with Crippen molar-refractivity contribution in [1.29, 1.82) is 0 Å². The lowest BCUT2D eigenvalue weighted by atomic mass is 10.0. The van der Waals surface area contributed by atoms with E-state index in [0.29, 0.717) is 5.92 Å². The lowest BCUT2D eigenvalue weighted by Crippen LogP contribution is -2.12. The molecule has 84 valence electrons. The van der Waals surface area contributed by atoms with Gasteiger partial charge in [-0.25, -0.2) is 4.98 Å². The lowest BCUT2D eigenvalue weighted by molar-refractivity contribution is 0.618. The maximum Gasteiger partial charge on any atom is 0.117 e. The SMILES string of the molecule is Cc1cccc2cnc(C3CCCSC3)n12. The summed E-state index contributed by atoms with van der Waals surface area (Å²) in [6.45, 7) is 2.16. The first-order valence-electron chi connectivity index (χ1n) is 5.87. The molecular weight excluding hydrogens is 216 g/mol. The molecule has 0 saturated carbocycles. The Kier molecular flexibility index (Phi) is 2.64. The van der Waals surface area contributed by atoms with Gasteiger partial charge in [0.1, 0.15) is 5.82 Å². The smallest absolute Gasteiger partial charge is 0.117 e. The van der Waals surface area contributed by atoms with Crippen LogP contribution in [0.3, 0.4) is 0 Å². The van der Waals surface area contributed by atoms with Gasteiger partial charge in [-0.05, 0) is 37.7 Å². The molecule has 0 aromatic carbocycles. The Bertz CT molecular complexity index is 498. The fourth-order valence-electron chi connectivity index (χ4n) is 2.47. The number of aryl methyl sites for hydroxylation is 1. The highest BCUT2D eigenvalue weighted by Crippen LogP contribution is 2.31. The third kappa shape index (κ3) is 1.63. The molecule has 0 amide bonds. The van der Waals surface area contributed by atoms with Crippen LogP contribution >= 0.6 is 11.8 Å². The lowest BCUT2D eigenvalue weighted by Gasteiger charge is -2.20. The zero-order valence-corrected chi connectivity index (χ0v) is 10.3. The second-order valence-corrected chi connectivity index (χ2v) is 5.61. The number of fused-ring (bicyclic) bond motifs is 1. The van der Waals surface area contributed by atoms with Gasteiger partial charge in [0.05, 0.1) is 11.7 Å². The molecule has 1 saturated heterocycles. The summed E-state index contributed by atoms with van der Waals surface area (Å²) >= 11 is 2.06. The largest absolute Gasteiger partial charge is 0.301 e. The van der Waals surface area contributed by atoms with Crippen molar-refractivity contribution in [2.45, 2.75) is 25.7 Å². The Morgan fingerprint density at radius 3 is 3.19 bits per heavy atom. The fourth-order valence-corrected chi connectivity index (χ4v) is 3.61. The molecule has 1 fully saturated rings. The second-order valence-electron chi connectivity index (χ2n) is 4.46. The highest BCUT2D eigenvalue weighted by Gasteiger charge is 2.20. The number of nitrogens with zero attached hydrogens (tertiary/aromatic N) is 2. The quantitative estimate of drug-likeness (QED) is 0.751. The Balaban J connectivity index is 2.09. The van der Waals surface area contributed by atoms with E-state index in [1.54, 1.807) is 0 Å². The number of pyridine rings is 1. The van der Waals surface area contributed by atoms with E-state index in [-0.39, 0.29) is 0 Å². The molecule has 0 radical (unpaired) electrons. The van der Waals surface area contributed by atoms with Crippen LogP contribution in [0.4, 0.5) is 0 Å². The molecular formula is C13H16N2S. The molecule has 2 aromatic rings. The molecule has 1 atom stereocenters. The molecule has 16 heavy (non-hydrogen) atoms. The molecule has 2 aromatic heterocycles. The van der Waals surface area contributed by atoms with E-state index in [1.165, 1.54) is 41.4 Å². The van der Waals surface area contributed by atoms with E-state index in [4.69, 9.17) is 0 Å². The molecule has 0 spiro atoms. The Hall–Kier alpha value is -0.960. The van der Waals surface area contributed by atoms with Gasteiger partial charge in [-0.3, -0.25) is 0 Å². The van der Waals surface area contributed by atoms with Gasteiger partial charge in [0.25, 0.3) is 0 Å². The summed E-state index contributed by atoms with van der Waals surface area (Å²) in [5, 5.41) is 0. The summed E-state index contributed by atoms with van der Waals surface area (Å²) in [6, 6.07) is 6.40. The average molecular weight is 232 g/mol. The normalized spacial score (nSPS) is 21.4. The van der Waals surface area contributed by atoms with Crippen LogP contribution in [-0.2, 0) is 0 Å². The minimum absolute atomic E-state index is 0.641. The molecule has 3 rings (SSSR count). The summed E-state index contributed by atoms with van der Waals surface area (Å²) < 4.78 is 2.32. The predicted octanol–water partition coefficient (Wildman–Crippen LogP) is 3.25. The van der Waals surface area contributed by atoms with E-state index < -0.39 is 0 Å². The van der Waals surface area contributed by atoms with Crippen molar-refractivity contribution in [2.24, 2.45) is 0 Å². The summed E-state index contributed by atoms with van der Waals surface area (Å²) in [5.41, 5.74) is 2.52. The van der Waals surface area contributed by atoms with E-state index in [2.05, 4.69) is 46.3 Å². The van der Waals surface area contributed by atoms with E-state index >= 15 is 0 Å². The number of aromatic nitrogens is 2. The first-order valence-corrected chi connectivity index (χ1v) is 7.02. The molecule has 0 aliphatic carbocycles. The van der Waals surface area contributed by atoms with E-state index in [0.717, 1.165) is 0 Å². The number of rotatable bonds is 1. The van der Waals surface area contributed by atoms with Crippen molar-refractivity contribution < 1.29 is 0 Å². The predicted molar refractivity (Wildman–Crippen MR) is 69.2 cm³/mol. The van der Waals surface area contributed by atoms with Crippen LogP contribution in [0.5, 0.6) is 0 Å². The van der Waals surface area contributed by atoms with Crippen LogP contribution in [0.15, 0.2) is 24.4 Å². The monoisotopic (exact) mass is 232 g/mol. The van der Waals surface area contributed by atoms with Crippen LogP contribution in [0.2, 0.25) is 0 Å². The van der Waals surface area contributed by atoms with Gasteiger partial charge in [0, 0.05) is 17.4 Å². The molecule has 1 aliphatic rings. The molecule has 1 unspecified atom stereocenters. The van der Waals surface area contributed by atoms with Gasteiger partial charge >= 0.3 is 0 Å². The summed E-state index contributed by atoms with van der Waals surface area (Å²) in [6.07, 6.45) is 4.62. The number of thioether (sulfide) groups is 1. The highest BCUT2D eigenvalue weighted by molar-refractivity contribution is 7.99. The van der Waals surface area contributed by atoms with Crippen LogP contribution in [0, 0.1) is 6.92 Å². The third-order valence-corrected chi connectivity index (χ3v) is 4.51. The van der Waals surface area contributed by atoms with Crippen molar-refractivity contribution >= 4 is 17.3 Å². The van der Waals surface area contributed by atoms with Crippen molar-refractivity contribution in [1.82, 2.24) is 9.38 Å². The van der Waals surface area contributed by atoms with Gasteiger partial charge in [0.2, 0.25) is 0 Å². The molecule has 0 bridgehead atoms. The fraction of sp³-hybridized carbons (Fsp3) is 0.462. The Morgan fingerprint density at radius 2 is 2.38 bits per heavy atom. The van der Waals surface area contributed by atoms with Gasteiger partial charge in [0.15, 0.2) is 0 Å². The first-order chi connectivity index (χ1) is 7.86. The number of imidazole rings is 1. The number of hydrogen-bond acceptors (Lipinski definition) is 2. The zero-order chi connectivity index (χ0) is 11.0. The van der Waals surface area contributed by atoms with Gasteiger partial charge in [-0.2, -0.15) is 11.8 Å². The molecule has 0 N–H and O–H groups in total. The van der Waals surface area contributed by atoms with Crippen LogP contribution in [0.1, 0.15) is 30.3 Å². The first kappa shape index (κ1) is 10.2. The Morgan fingerprint density at radius 1 is 1.44 bits per heavy atom. The molecule has 3 heterocycles. The topological polar surface area (TPSA) is 17.3 Å². The molecule has 3 heteroatoms. The van der Waals surface area contributed by atoms with Crippen LogP contribution in [0.25, 0.3) is 5.52 Å². The maximum atomic E-state index is 4.63. The minimum atomic E-state index is 0.641. The van der Waals surface area contributed by atoms with Gasteiger partial charge in [-0.15, -0.1) is 0 Å². The highest BCUT2D eigenvalue weighted by atomic mass is 32.2. The third-order valence-electron chi connectivity index (χ3n) is 3.30. The van der Waals surface area contributed by atoms with Crippen LogP contribution < -0.4 is 0 Å². The van der Waals surface area contributed by atoms with Crippen molar-refractivity contribution in [3.63, 3.8) is 0 Å². The van der Waals surface area contributed by atoms with Gasteiger partial charge < -0.3 is 4.40 Å². The Labute approximate surface area is 100 Å². The maximum absolute atomic E-state index is 4.63. The average Bonchev–Trinajstić information content (AvgIpc) is 2.75. The van der Waals surface area contributed by atoms with E-state index in [1.807, 2.05) is 6.20 Å². The van der Waals surface area contributed by atoms with Crippen molar-refractivity contribution in [3.05, 3.63) is 35.9 Å². The number of hydrogen-bond donors (Lipinski definition) is 0. The second kappa shape index (κ2) is 4.13. The summed E-state index contributed by atoms with van der Waals surface area (Å²) in [4.78, 5) is 4.63. The van der Waals surface area contributed by atoms with E-state index in [9.17, 15) is 0 Å². The standard InChI is InChI=1S/C13H16N2S/c1-10-4-2-6-12-8-14-13(15(10)12)11-5-3-7-16-9-11/h2,4,6,8,11H,3,5,7,9H2,1H3.